The first-order valence-electron chi connectivity index (χ1n) is 7.77. The van der Waals surface area contributed by atoms with Crippen LogP contribution in [0.1, 0.15) is 36.2 Å². The van der Waals surface area contributed by atoms with Gasteiger partial charge < -0.3 is 10.1 Å². The van der Waals surface area contributed by atoms with E-state index in [4.69, 9.17) is 4.74 Å². The SMILES string of the molecule is CCC(=O)c1ccc(OC(C)C(=O)Nc2ccc(C)c(F)c2)cc1. The number of nitrogens with one attached hydrogen (secondary N) is 1. The van der Waals surface area contributed by atoms with Crippen molar-refractivity contribution in [3.05, 3.63) is 59.4 Å². The molecule has 1 unspecified atom stereocenters. The van der Waals surface area contributed by atoms with E-state index in [0.717, 1.165) is 0 Å². The molecule has 0 aliphatic carbocycles. The van der Waals surface area contributed by atoms with Gasteiger partial charge in [-0.05, 0) is 55.8 Å². The van der Waals surface area contributed by atoms with Crippen molar-refractivity contribution in [3.8, 4) is 5.75 Å². The molecule has 0 radical (unpaired) electrons. The van der Waals surface area contributed by atoms with Crippen LogP contribution < -0.4 is 10.1 Å². The second-order valence-electron chi connectivity index (χ2n) is 5.51. The Balaban J connectivity index is 1.98. The number of benzene rings is 2. The van der Waals surface area contributed by atoms with E-state index in [-0.39, 0.29) is 17.5 Å². The van der Waals surface area contributed by atoms with Crippen molar-refractivity contribution in [1.29, 1.82) is 0 Å². The number of hydrogen-bond donors (Lipinski definition) is 1. The van der Waals surface area contributed by atoms with Gasteiger partial charge in [0.1, 0.15) is 11.6 Å². The third-order valence-electron chi connectivity index (χ3n) is 3.62. The van der Waals surface area contributed by atoms with Crippen molar-refractivity contribution in [2.45, 2.75) is 33.3 Å². The maximum Gasteiger partial charge on any atom is 0.265 e. The summed E-state index contributed by atoms with van der Waals surface area (Å²) in [6.07, 6.45) is -0.325. The van der Waals surface area contributed by atoms with Crippen LogP contribution in [0.4, 0.5) is 10.1 Å². The van der Waals surface area contributed by atoms with Crippen LogP contribution in [0, 0.1) is 12.7 Å². The van der Waals surface area contributed by atoms with Gasteiger partial charge in [0.05, 0.1) is 0 Å². The van der Waals surface area contributed by atoms with Crippen molar-refractivity contribution in [2.24, 2.45) is 0 Å². The highest BCUT2D eigenvalue weighted by Crippen LogP contribution is 2.17. The van der Waals surface area contributed by atoms with E-state index in [1.54, 1.807) is 57.2 Å². The average Bonchev–Trinajstić information content (AvgIpc) is 2.58. The molecule has 0 aliphatic rings. The molecule has 0 aromatic heterocycles. The van der Waals surface area contributed by atoms with Gasteiger partial charge in [-0.25, -0.2) is 4.39 Å². The summed E-state index contributed by atoms with van der Waals surface area (Å²) in [5.74, 6) is -0.223. The van der Waals surface area contributed by atoms with Crippen molar-refractivity contribution in [1.82, 2.24) is 0 Å². The lowest BCUT2D eigenvalue weighted by atomic mass is 10.1. The summed E-state index contributed by atoms with van der Waals surface area (Å²) in [7, 11) is 0. The normalized spacial score (nSPS) is 11.7. The third-order valence-corrected chi connectivity index (χ3v) is 3.62. The van der Waals surface area contributed by atoms with Gasteiger partial charge in [-0.1, -0.05) is 13.0 Å². The fraction of sp³-hybridized carbons (Fsp3) is 0.263. The van der Waals surface area contributed by atoms with Crippen LogP contribution >= 0.6 is 0 Å². The van der Waals surface area contributed by atoms with Crippen LogP contribution in [0.15, 0.2) is 42.5 Å². The predicted octanol–water partition coefficient (Wildman–Crippen LogP) is 4.13. The fourth-order valence-corrected chi connectivity index (χ4v) is 2.10. The molecule has 4 nitrogen and oxygen atoms in total. The van der Waals surface area contributed by atoms with E-state index < -0.39 is 6.10 Å². The van der Waals surface area contributed by atoms with E-state index in [0.29, 0.717) is 29.0 Å². The van der Waals surface area contributed by atoms with Gasteiger partial charge in [-0.15, -0.1) is 0 Å². The molecule has 1 atom stereocenters. The van der Waals surface area contributed by atoms with Crippen molar-refractivity contribution >= 4 is 17.4 Å². The number of ketones is 1. The molecular formula is C19H20FNO3. The first-order valence-corrected chi connectivity index (χ1v) is 7.77. The zero-order valence-electron chi connectivity index (χ0n) is 13.9. The number of hydrogen-bond acceptors (Lipinski definition) is 3. The molecule has 0 bridgehead atoms. The van der Waals surface area contributed by atoms with Gasteiger partial charge in [-0.3, -0.25) is 9.59 Å². The van der Waals surface area contributed by atoms with Crippen LogP contribution in [0.5, 0.6) is 5.75 Å². The lowest BCUT2D eigenvalue weighted by Gasteiger charge is -2.15. The Hall–Kier alpha value is -2.69. The highest BCUT2D eigenvalue weighted by Gasteiger charge is 2.15. The second kappa shape index (κ2) is 7.73. The van der Waals surface area contributed by atoms with Crippen molar-refractivity contribution in [2.75, 3.05) is 5.32 Å². The number of aryl methyl sites for hydroxylation is 1. The Morgan fingerprint density at radius 3 is 2.42 bits per heavy atom. The molecule has 126 valence electrons. The maximum absolute atomic E-state index is 13.5. The number of amides is 1. The number of carbonyl (C=O) groups is 2. The lowest BCUT2D eigenvalue weighted by molar-refractivity contribution is -0.122. The molecule has 1 amide bonds. The summed E-state index contributed by atoms with van der Waals surface area (Å²) in [6, 6.07) is 11.1. The minimum absolute atomic E-state index is 0.0498. The molecule has 0 heterocycles. The number of carbonyl (C=O) groups excluding carboxylic acids is 2. The van der Waals surface area contributed by atoms with Crippen LogP contribution in [-0.4, -0.2) is 17.8 Å². The van der Waals surface area contributed by atoms with Crippen LogP contribution in [0.25, 0.3) is 0 Å². The largest absolute Gasteiger partial charge is 0.481 e. The van der Waals surface area contributed by atoms with Crippen LogP contribution in [0.3, 0.4) is 0 Å². The monoisotopic (exact) mass is 329 g/mol. The fourth-order valence-electron chi connectivity index (χ4n) is 2.10. The summed E-state index contributed by atoms with van der Waals surface area (Å²) in [4.78, 5) is 23.7. The summed E-state index contributed by atoms with van der Waals surface area (Å²) < 4.78 is 19.1. The Morgan fingerprint density at radius 2 is 1.83 bits per heavy atom. The van der Waals surface area contributed by atoms with Gasteiger partial charge in [0.2, 0.25) is 0 Å². The van der Waals surface area contributed by atoms with E-state index in [1.807, 2.05) is 0 Å². The zero-order valence-corrected chi connectivity index (χ0v) is 13.9. The molecule has 2 aromatic carbocycles. The highest BCUT2D eigenvalue weighted by molar-refractivity contribution is 5.96. The Kier molecular flexibility index (Phi) is 5.68. The molecule has 0 saturated carbocycles. The van der Waals surface area contributed by atoms with Crippen molar-refractivity contribution in [3.63, 3.8) is 0 Å². The average molecular weight is 329 g/mol. The number of rotatable bonds is 6. The van der Waals surface area contributed by atoms with Gasteiger partial charge in [0.25, 0.3) is 5.91 Å². The van der Waals surface area contributed by atoms with E-state index in [9.17, 15) is 14.0 Å². The molecule has 0 spiro atoms. The van der Waals surface area contributed by atoms with Gasteiger partial charge in [-0.2, -0.15) is 0 Å². The van der Waals surface area contributed by atoms with Gasteiger partial charge in [0, 0.05) is 17.7 Å². The lowest BCUT2D eigenvalue weighted by Crippen LogP contribution is -2.30. The summed E-state index contributed by atoms with van der Waals surface area (Å²) >= 11 is 0. The maximum atomic E-state index is 13.5. The topological polar surface area (TPSA) is 55.4 Å². The molecule has 0 saturated heterocycles. The molecule has 2 rings (SSSR count). The molecule has 5 heteroatoms. The van der Waals surface area contributed by atoms with Gasteiger partial charge >= 0.3 is 0 Å². The predicted molar refractivity (Wildman–Crippen MR) is 90.9 cm³/mol. The molecule has 24 heavy (non-hydrogen) atoms. The quantitative estimate of drug-likeness (QED) is 0.811. The summed E-state index contributed by atoms with van der Waals surface area (Å²) in [5, 5.41) is 2.61. The van der Waals surface area contributed by atoms with E-state index >= 15 is 0 Å². The van der Waals surface area contributed by atoms with E-state index in [2.05, 4.69) is 5.32 Å². The molecule has 0 fully saturated rings. The highest BCUT2D eigenvalue weighted by atomic mass is 19.1. The number of anilines is 1. The van der Waals surface area contributed by atoms with Gasteiger partial charge in [0.15, 0.2) is 11.9 Å². The molecule has 0 aliphatic heterocycles. The Morgan fingerprint density at radius 1 is 1.17 bits per heavy atom. The molecule has 2 aromatic rings. The van der Waals surface area contributed by atoms with E-state index in [1.165, 1.54) is 6.07 Å². The van der Waals surface area contributed by atoms with Crippen molar-refractivity contribution < 1.29 is 18.7 Å². The minimum Gasteiger partial charge on any atom is -0.481 e. The standard InChI is InChI=1S/C19H20FNO3/c1-4-18(22)14-6-9-16(10-7-14)24-13(3)19(23)21-15-8-5-12(2)17(20)11-15/h5-11,13H,4H2,1-3H3,(H,21,23). The first kappa shape index (κ1) is 17.7. The Labute approximate surface area is 140 Å². The number of halogens is 1. The zero-order chi connectivity index (χ0) is 17.7. The Bertz CT molecular complexity index is 741. The summed E-state index contributed by atoms with van der Waals surface area (Å²) in [6.45, 7) is 5.05. The third kappa shape index (κ3) is 4.41. The number of Topliss-reactive ketones (excluding diaryl/α,β-unsaturated/α-hetero) is 1. The van der Waals surface area contributed by atoms with Crippen LogP contribution in [-0.2, 0) is 4.79 Å². The molecular weight excluding hydrogens is 309 g/mol. The van der Waals surface area contributed by atoms with Crippen LogP contribution in [0.2, 0.25) is 0 Å². The minimum atomic E-state index is -0.762. The summed E-state index contributed by atoms with van der Waals surface area (Å²) in [5.41, 5.74) is 1.50. The molecule has 1 N–H and O–H groups in total. The smallest absolute Gasteiger partial charge is 0.265 e. The second-order valence-corrected chi connectivity index (χ2v) is 5.51. The first-order chi connectivity index (χ1) is 11.4. The number of ether oxygens (including phenoxy) is 1.